The molecule has 590 valence electrons. The maximum atomic E-state index is 13.0. The number of carbonyl (C=O) groups excluding carboxylic acids is 4. The molecule has 0 bridgehead atoms. The van der Waals surface area contributed by atoms with Crippen LogP contribution in [0.3, 0.4) is 0 Å². The first-order valence-corrected chi connectivity index (χ1v) is 45.9. The highest BCUT2D eigenvalue weighted by atomic mass is 79.9. The number of unbranched alkanes of at least 4 members (excludes halogenated alkanes) is 2. The number of nitrogens with zero attached hydrogens (tertiary/aromatic N) is 8. The van der Waals surface area contributed by atoms with E-state index in [2.05, 4.69) is 15.9 Å². The minimum absolute atomic E-state index is 0.0229. The van der Waals surface area contributed by atoms with Crippen LogP contribution >= 0.6 is 27.5 Å². The van der Waals surface area contributed by atoms with Crippen LogP contribution in [0.1, 0.15) is 130 Å². The van der Waals surface area contributed by atoms with Gasteiger partial charge in [-0.3, -0.25) is 19.6 Å². The van der Waals surface area contributed by atoms with Gasteiger partial charge in [0, 0.05) is 115 Å². The summed E-state index contributed by atoms with van der Waals surface area (Å²) in [6.45, 7) is 14.0. The molecule has 0 radical (unpaired) electrons. The van der Waals surface area contributed by atoms with Gasteiger partial charge in [0.25, 0.3) is 0 Å². The smallest absolute Gasteiger partial charge is 0.414 e. The van der Waals surface area contributed by atoms with Crippen LogP contribution in [0.2, 0.25) is 5.02 Å². The quantitative estimate of drug-likeness (QED) is 0.0766. The maximum Gasteiger partial charge on any atom is 0.414 e. The average molecular weight is 1680 g/mol. The minimum atomic E-state index is -3.76. The van der Waals surface area contributed by atoms with Crippen molar-refractivity contribution in [1.29, 1.82) is 0 Å². The fraction of sp³-hybridized carbons (Fsp3) is 0.474. The molecule has 33 heteroatoms. The second-order valence-corrected chi connectivity index (χ2v) is 39.7. The lowest BCUT2D eigenvalue weighted by Gasteiger charge is -2.40. The Kier molecular flexibility index (Phi) is 26.7. The largest absolute Gasteiger partial charge is 0.444 e. The second-order valence-electron chi connectivity index (χ2n) is 28.3. The highest BCUT2D eigenvalue weighted by Gasteiger charge is 2.43. The van der Waals surface area contributed by atoms with Gasteiger partial charge in [0.05, 0.1) is 48.9 Å². The van der Waals surface area contributed by atoms with Gasteiger partial charge in [-0.05, 0) is 168 Å². The number of sulfone groups is 1. The molecule has 0 atom stereocenters. The number of benzene rings is 6. The van der Waals surface area contributed by atoms with Crippen LogP contribution in [-0.4, -0.2) is 178 Å². The number of ether oxygens (including phenoxy) is 4. The normalized spacial score (nSPS) is 19.0. The summed E-state index contributed by atoms with van der Waals surface area (Å²) in [6, 6.07) is 34.6. The Morgan fingerprint density at radius 2 is 0.697 bits per heavy atom. The summed E-state index contributed by atoms with van der Waals surface area (Å²) in [5, 5.41) is 0.605. The number of fused-ring (bicyclic) bond motifs is 4. The summed E-state index contributed by atoms with van der Waals surface area (Å²) in [7, 11) is -17.1. The molecule has 4 fully saturated rings. The van der Waals surface area contributed by atoms with Gasteiger partial charge in [-0.1, -0.05) is 109 Å². The van der Waals surface area contributed by atoms with E-state index in [9.17, 15) is 61.3 Å². The fourth-order valence-electron chi connectivity index (χ4n) is 15.1. The number of piperidine rings is 4. The standard InChI is InChI=1S/C21H24N2O6S2.C20H21BrN2O4S.C18H26N2O4S.C17H23ClN2O4S/c1-15-4-3-5-16-14-29-21(24)23(20(15)16)17-10-12-22(13-11-17)31(27,28)19-8-6-18(7-9-19)30(2,25)26;1-14-3-2-4-15-13-27-20(24)23(19(14)15)17-9-11-22(12-10-17)28(25,26)18-7-5-16(21)6-8-18;1-3-4-12-25(22,23)19-10-8-16(9-11-19)20-17-14(2)6-5-7-15(17)13-24-18(20)21;1-2-3-10-25(22,23)19-8-6-15(7-9-19)20-16-5-4-14(18)11-13(16)12-24-17(20)21/h3-9,17H,10-14H2,1-2H3;2-8,17H,9-13H2,1H3;5-7,16H,3-4,8-13H2,1-2H3;4-5,11,15H,2-3,6-10,12H2,1H3. The Morgan fingerprint density at radius 3 is 1.04 bits per heavy atom. The molecule has 0 saturated carbocycles. The van der Waals surface area contributed by atoms with Gasteiger partial charge in [-0.25, -0.2) is 69.9 Å². The van der Waals surface area contributed by atoms with Gasteiger partial charge in [-0.15, -0.1) is 0 Å². The van der Waals surface area contributed by atoms with E-state index in [1.165, 1.54) is 32.9 Å². The van der Waals surface area contributed by atoms with E-state index in [0.29, 0.717) is 115 Å². The number of hydrogen-bond donors (Lipinski definition) is 0. The predicted molar refractivity (Wildman–Crippen MR) is 419 cm³/mol. The van der Waals surface area contributed by atoms with Crippen LogP contribution in [0.15, 0.2) is 140 Å². The van der Waals surface area contributed by atoms with Crippen LogP contribution < -0.4 is 19.6 Å². The molecule has 4 amide bonds. The second kappa shape index (κ2) is 35.2. The van der Waals surface area contributed by atoms with E-state index in [1.807, 2.05) is 95.3 Å². The summed E-state index contributed by atoms with van der Waals surface area (Å²) in [5.41, 5.74) is 10.4. The first-order chi connectivity index (χ1) is 51.8. The molecular weight excluding hydrogens is 1590 g/mol. The van der Waals surface area contributed by atoms with Crippen molar-refractivity contribution in [2.75, 3.05) is 89.7 Å². The highest BCUT2D eigenvalue weighted by molar-refractivity contribution is 9.10. The third-order valence-electron chi connectivity index (χ3n) is 21.0. The summed E-state index contributed by atoms with van der Waals surface area (Å²) < 4.78 is 153. The summed E-state index contributed by atoms with van der Waals surface area (Å²) in [5.74, 6) is 0.406. The van der Waals surface area contributed by atoms with Crippen LogP contribution in [-0.2, 0) is 95.3 Å². The SMILES string of the molecule is CCCCS(=O)(=O)N1CCC(N2C(=O)OCc3cc(Cl)ccc32)CC1.CCCCS(=O)(=O)N1CCC(N2C(=O)OCc3cccc(C)c32)CC1.Cc1cccc2c1N(C1CCN(S(=O)(=O)c3ccc(Br)cc3)CC1)C(=O)OC2.Cc1cccc2c1N(C1CCN(S(=O)(=O)c3ccc(S(C)(=O)=O)cc3)CC1)C(=O)OC2. The molecule has 6 aromatic rings. The molecule has 26 nitrogen and oxygen atoms in total. The molecule has 14 rings (SSSR count). The highest BCUT2D eigenvalue weighted by Crippen LogP contribution is 2.40. The third-order valence-corrected chi connectivity index (χ3v) is 30.6. The van der Waals surface area contributed by atoms with Crippen LogP contribution in [0.25, 0.3) is 0 Å². The fourth-order valence-corrected chi connectivity index (χ4v) is 22.5. The van der Waals surface area contributed by atoms with E-state index in [0.717, 1.165) is 85.3 Å². The number of para-hydroxylation sites is 3. The molecule has 6 aromatic carbocycles. The van der Waals surface area contributed by atoms with Gasteiger partial charge in [0.15, 0.2) is 9.84 Å². The van der Waals surface area contributed by atoms with Gasteiger partial charge >= 0.3 is 24.4 Å². The number of cyclic esters (lactones) is 4. The Balaban J connectivity index is 0.000000145. The van der Waals surface area contributed by atoms with Gasteiger partial charge in [0.1, 0.15) is 26.4 Å². The molecule has 4 saturated heterocycles. The van der Waals surface area contributed by atoms with Crippen molar-refractivity contribution >= 4 is 125 Å². The lowest BCUT2D eigenvalue weighted by molar-refractivity contribution is 0.135. The number of hydrogen-bond acceptors (Lipinski definition) is 18. The molecule has 0 N–H and O–H groups in total. The molecule has 109 heavy (non-hydrogen) atoms. The van der Waals surface area contributed by atoms with E-state index in [-0.39, 0.29) is 102 Å². The monoisotopic (exact) mass is 1680 g/mol. The first-order valence-electron chi connectivity index (χ1n) is 36.7. The summed E-state index contributed by atoms with van der Waals surface area (Å²) in [6.07, 6.45) is 7.26. The first kappa shape index (κ1) is 82.7. The van der Waals surface area contributed by atoms with Crippen molar-refractivity contribution < 1.29 is 80.2 Å². The van der Waals surface area contributed by atoms with E-state index in [4.69, 9.17) is 30.5 Å². The molecular formula is C76H94BrClN8O18S5. The van der Waals surface area contributed by atoms with E-state index < -0.39 is 56.0 Å². The minimum Gasteiger partial charge on any atom is -0.444 e. The Labute approximate surface area is 653 Å². The van der Waals surface area contributed by atoms with Gasteiger partial charge in [-0.2, -0.15) is 8.61 Å². The third kappa shape index (κ3) is 18.9. The topological polar surface area (TPSA) is 302 Å². The molecule has 0 aromatic heterocycles. The number of rotatable bonds is 17. The number of anilines is 4. The van der Waals surface area contributed by atoms with Crippen molar-refractivity contribution in [2.24, 2.45) is 0 Å². The van der Waals surface area contributed by atoms with Crippen LogP contribution in [0.5, 0.6) is 0 Å². The van der Waals surface area contributed by atoms with Crippen molar-refractivity contribution in [3.8, 4) is 0 Å². The number of halogens is 2. The zero-order valence-corrected chi connectivity index (χ0v) is 68.4. The predicted octanol–water partition coefficient (Wildman–Crippen LogP) is 13.2. The van der Waals surface area contributed by atoms with Crippen molar-refractivity contribution in [3.63, 3.8) is 0 Å². The number of amides is 4. The van der Waals surface area contributed by atoms with Crippen LogP contribution in [0.4, 0.5) is 41.9 Å². The van der Waals surface area contributed by atoms with Crippen molar-refractivity contribution in [1.82, 2.24) is 17.2 Å². The average Bonchev–Trinajstić information content (AvgIpc) is 0.784. The Hall–Kier alpha value is -7.24. The summed E-state index contributed by atoms with van der Waals surface area (Å²) in [4.78, 5) is 56.9. The maximum absolute atomic E-state index is 13.0. The van der Waals surface area contributed by atoms with Gasteiger partial charge in [0.2, 0.25) is 40.1 Å². The molecule has 8 aliphatic rings. The number of sulfonamides is 4. The number of carbonyl (C=O) groups is 4. The van der Waals surface area contributed by atoms with Gasteiger partial charge < -0.3 is 18.9 Å². The lowest BCUT2D eigenvalue weighted by atomic mass is 10.00. The number of aryl methyl sites for hydroxylation is 3. The molecule has 8 aliphatic heterocycles. The lowest BCUT2D eigenvalue weighted by Crippen LogP contribution is -2.51. The zero-order valence-electron chi connectivity index (χ0n) is 62.0. The molecule has 8 heterocycles. The van der Waals surface area contributed by atoms with E-state index in [1.54, 1.807) is 64.6 Å². The van der Waals surface area contributed by atoms with Crippen LogP contribution in [0, 0.1) is 20.8 Å². The molecule has 0 aliphatic carbocycles. The summed E-state index contributed by atoms with van der Waals surface area (Å²) >= 11 is 9.35. The van der Waals surface area contributed by atoms with E-state index >= 15 is 0 Å². The molecule has 0 unspecified atom stereocenters. The zero-order chi connectivity index (χ0) is 78.3. The Morgan fingerprint density at radius 1 is 0.394 bits per heavy atom. The molecule has 0 spiro atoms. The van der Waals surface area contributed by atoms with Crippen molar-refractivity contribution in [2.45, 2.75) is 177 Å². The Bertz CT molecular complexity index is 4920. The van der Waals surface area contributed by atoms with Crippen molar-refractivity contribution in [3.05, 3.63) is 170 Å².